The monoisotopic (exact) mass is 154 g/mol. The van der Waals surface area contributed by atoms with Crippen molar-refractivity contribution in [3.05, 3.63) is 24.8 Å². The summed E-state index contributed by atoms with van der Waals surface area (Å²) in [6.07, 6.45) is 7.42. The highest BCUT2D eigenvalue weighted by atomic mass is 16.5. The number of carbonyl (C=O) groups excluding carboxylic acids is 1. The van der Waals surface area contributed by atoms with Crippen LogP contribution < -0.4 is 0 Å². The van der Waals surface area contributed by atoms with Gasteiger partial charge >= 0.3 is 5.97 Å². The topological polar surface area (TPSA) is 26.3 Å². The van der Waals surface area contributed by atoms with E-state index in [1.165, 1.54) is 6.92 Å². The summed E-state index contributed by atoms with van der Waals surface area (Å²) in [6.45, 7) is 5.46. The van der Waals surface area contributed by atoms with E-state index in [0.29, 0.717) is 6.61 Å². The van der Waals surface area contributed by atoms with Crippen molar-refractivity contribution in [2.24, 2.45) is 0 Å². The highest BCUT2D eigenvalue weighted by Crippen LogP contribution is 1.92. The fourth-order valence-corrected chi connectivity index (χ4v) is 0.610. The van der Waals surface area contributed by atoms with E-state index in [1.54, 1.807) is 6.08 Å². The molecule has 0 bridgehead atoms. The smallest absolute Gasteiger partial charge is 0.302 e. The molecule has 0 aliphatic rings. The van der Waals surface area contributed by atoms with Gasteiger partial charge in [0, 0.05) is 6.92 Å². The Morgan fingerprint density at radius 2 is 2.36 bits per heavy atom. The molecule has 0 heterocycles. The molecule has 0 aliphatic heterocycles. The molecule has 0 aromatic rings. The summed E-state index contributed by atoms with van der Waals surface area (Å²) in [7, 11) is 0. The van der Waals surface area contributed by atoms with Gasteiger partial charge in [0.25, 0.3) is 0 Å². The van der Waals surface area contributed by atoms with Crippen LogP contribution in [0.5, 0.6) is 0 Å². The number of ether oxygens (including phenoxy) is 1. The molecule has 2 nitrogen and oxygen atoms in total. The Labute approximate surface area is 67.6 Å². The molecule has 0 rings (SSSR count). The summed E-state index contributed by atoms with van der Waals surface area (Å²) in [4.78, 5) is 10.3. The molecule has 0 amide bonds. The lowest BCUT2D eigenvalue weighted by Crippen LogP contribution is -1.99. The maximum Gasteiger partial charge on any atom is 0.302 e. The standard InChI is InChI=1S/C9H14O2/c1-3-4-5-6-7-8-11-9(2)10/h3-5H,1,6-8H2,2H3. The summed E-state index contributed by atoms with van der Waals surface area (Å²) in [5.74, 6) is -0.210. The minimum atomic E-state index is -0.210. The van der Waals surface area contributed by atoms with Crippen LogP contribution in [0.15, 0.2) is 24.8 Å². The van der Waals surface area contributed by atoms with Gasteiger partial charge in [-0.3, -0.25) is 4.79 Å². The summed E-state index contributed by atoms with van der Waals surface area (Å²) in [5.41, 5.74) is 0. The van der Waals surface area contributed by atoms with E-state index in [1.807, 2.05) is 12.2 Å². The molecule has 0 unspecified atom stereocenters. The van der Waals surface area contributed by atoms with Crippen molar-refractivity contribution in [1.29, 1.82) is 0 Å². The van der Waals surface area contributed by atoms with Crippen LogP contribution in [0, 0.1) is 0 Å². The third kappa shape index (κ3) is 8.95. The quantitative estimate of drug-likeness (QED) is 0.344. The Balaban J connectivity index is 3.08. The van der Waals surface area contributed by atoms with Gasteiger partial charge in [-0.15, -0.1) is 0 Å². The fraction of sp³-hybridized carbons (Fsp3) is 0.444. The van der Waals surface area contributed by atoms with Gasteiger partial charge in [-0.25, -0.2) is 0 Å². The minimum absolute atomic E-state index is 0.210. The first kappa shape index (κ1) is 9.95. The number of esters is 1. The second-order valence-corrected chi connectivity index (χ2v) is 2.15. The predicted molar refractivity (Wildman–Crippen MR) is 45.2 cm³/mol. The predicted octanol–water partition coefficient (Wildman–Crippen LogP) is 2.07. The lowest BCUT2D eigenvalue weighted by molar-refractivity contribution is -0.141. The average molecular weight is 154 g/mol. The molecule has 0 saturated carbocycles. The summed E-state index contributed by atoms with van der Waals surface area (Å²) >= 11 is 0. The Morgan fingerprint density at radius 3 is 2.91 bits per heavy atom. The molecule has 0 N–H and O–H groups in total. The Bertz CT molecular complexity index is 148. The number of allylic oxidation sites excluding steroid dienone is 3. The zero-order valence-electron chi connectivity index (χ0n) is 6.88. The summed E-state index contributed by atoms with van der Waals surface area (Å²) in [6, 6.07) is 0. The summed E-state index contributed by atoms with van der Waals surface area (Å²) < 4.78 is 4.72. The van der Waals surface area contributed by atoms with Gasteiger partial charge < -0.3 is 4.74 Å². The molecule has 0 saturated heterocycles. The van der Waals surface area contributed by atoms with Crippen LogP contribution in [0.25, 0.3) is 0 Å². The molecule has 0 aromatic heterocycles. The largest absolute Gasteiger partial charge is 0.466 e. The molecule has 0 atom stereocenters. The van der Waals surface area contributed by atoms with Crippen molar-refractivity contribution in [2.45, 2.75) is 19.8 Å². The molecule has 0 aliphatic carbocycles. The minimum Gasteiger partial charge on any atom is -0.466 e. The normalized spacial score (nSPS) is 9.91. The first-order valence-electron chi connectivity index (χ1n) is 3.68. The molecule has 0 fully saturated rings. The van der Waals surface area contributed by atoms with Crippen LogP contribution in [0.3, 0.4) is 0 Å². The lowest BCUT2D eigenvalue weighted by atomic mass is 10.3. The Morgan fingerprint density at radius 1 is 1.64 bits per heavy atom. The number of hydrogen-bond acceptors (Lipinski definition) is 2. The molecule has 62 valence electrons. The zero-order valence-corrected chi connectivity index (χ0v) is 6.88. The van der Waals surface area contributed by atoms with Gasteiger partial charge in [-0.05, 0) is 12.8 Å². The van der Waals surface area contributed by atoms with Crippen LogP contribution in [0.4, 0.5) is 0 Å². The summed E-state index contributed by atoms with van der Waals surface area (Å²) in [5, 5.41) is 0. The SMILES string of the molecule is C=CC=CCCCOC(C)=O. The van der Waals surface area contributed by atoms with E-state index in [-0.39, 0.29) is 5.97 Å². The lowest BCUT2D eigenvalue weighted by Gasteiger charge is -1.97. The van der Waals surface area contributed by atoms with Crippen LogP contribution in [-0.4, -0.2) is 12.6 Å². The van der Waals surface area contributed by atoms with Crippen molar-refractivity contribution in [3.8, 4) is 0 Å². The molecule has 0 radical (unpaired) electrons. The fourth-order valence-electron chi connectivity index (χ4n) is 0.610. The molecule has 0 aromatic carbocycles. The van der Waals surface area contributed by atoms with E-state index >= 15 is 0 Å². The Kier molecular flexibility index (Phi) is 6.39. The second-order valence-electron chi connectivity index (χ2n) is 2.15. The van der Waals surface area contributed by atoms with E-state index < -0.39 is 0 Å². The van der Waals surface area contributed by atoms with Gasteiger partial charge in [-0.2, -0.15) is 0 Å². The van der Waals surface area contributed by atoms with Crippen LogP contribution >= 0.6 is 0 Å². The van der Waals surface area contributed by atoms with Crippen molar-refractivity contribution in [3.63, 3.8) is 0 Å². The first-order chi connectivity index (χ1) is 5.27. The van der Waals surface area contributed by atoms with Gasteiger partial charge in [0.05, 0.1) is 6.61 Å². The van der Waals surface area contributed by atoms with Crippen molar-refractivity contribution >= 4 is 5.97 Å². The molecule has 11 heavy (non-hydrogen) atoms. The van der Waals surface area contributed by atoms with E-state index in [4.69, 9.17) is 4.74 Å². The zero-order chi connectivity index (χ0) is 8.53. The molecular weight excluding hydrogens is 140 g/mol. The highest BCUT2D eigenvalue weighted by molar-refractivity contribution is 5.65. The van der Waals surface area contributed by atoms with Crippen LogP contribution in [-0.2, 0) is 9.53 Å². The van der Waals surface area contributed by atoms with Crippen LogP contribution in [0.1, 0.15) is 19.8 Å². The number of unbranched alkanes of at least 4 members (excludes halogenated alkanes) is 1. The Hall–Kier alpha value is -1.05. The van der Waals surface area contributed by atoms with Crippen molar-refractivity contribution < 1.29 is 9.53 Å². The third-order valence-corrected chi connectivity index (χ3v) is 1.09. The first-order valence-corrected chi connectivity index (χ1v) is 3.68. The number of rotatable bonds is 5. The van der Waals surface area contributed by atoms with Gasteiger partial charge in [0.1, 0.15) is 0 Å². The molecular formula is C9H14O2. The average Bonchev–Trinajstić information content (AvgIpc) is 1.96. The molecule has 2 heteroatoms. The number of carbonyl (C=O) groups is 1. The number of hydrogen-bond donors (Lipinski definition) is 0. The second kappa shape index (κ2) is 7.06. The van der Waals surface area contributed by atoms with Gasteiger partial charge in [0.2, 0.25) is 0 Å². The van der Waals surface area contributed by atoms with Gasteiger partial charge in [0.15, 0.2) is 0 Å². The van der Waals surface area contributed by atoms with Crippen molar-refractivity contribution in [1.82, 2.24) is 0 Å². The highest BCUT2D eigenvalue weighted by Gasteiger charge is 1.89. The van der Waals surface area contributed by atoms with Crippen LogP contribution in [0.2, 0.25) is 0 Å². The molecule has 0 spiro atoms. The van der Waals surface area contributed by atoms with Gasteiger partial charge in [-0.1, -0.05) is 24.8 Å². The van der Waals surface area contributed by atoms with E-state index in [0.717, 1.165) is 12.8 Å². The van der Waals surface area contributed by atoms with E-state index in [9.17, 15) is 4.79 Å². The third-order valence-electron chi connectivity index (χ3n) is 1.09. The van der Waals surface area contributed by atoms with E-state index in [2.05, 4.69) is 6.58 Å². The maximum absolute atomic E-state index is 10.3. The van der Waals surface area contributed by atoms with Crippen molar-refractivity contribution in [2.75, 3.05) is 6.61 Å². The maximum atomic E-state index is 10.3.